The second kappa shape index (κ2) is 3.48. The summed E-state index contributed by atoms with van der Waals surface area (Å²) in [5.74, 6) is 2.72. The molecule has 0 aromatic carbocycles. The Bertz CT molecular complexity index is 186. The average molecular weight is 171 g/mol. The van der Waals surface area contributed by atoms with Gasteiger partial charge in [0, 0.05) is 25.9 Å². The Hall–Kier alpha value is -0.170. The molecule has 0 aromatic heterocycles. The number of aliphatic hydroxyl groups is 1. The molecule has 1 fully saturated rings. The highest BCUT2D eigenvalue weighted by atomic mass is 32.1. The highest BCUT2D eigenvalue weighted by molar-refractivity contribution is 7.85. The van der Waals surface area contributed by atoms with Gasteiger partial charge in [0.2, 0.25) is 0 Å². The molecule has 0 bridgehead atoms. The van der Waals surface area contributed by atoms with Gasteiger partial charge in [0.1, 0.15) is 5.60 Å². The van der Waals surface area contributed by atoms with Crippen molar-refractivity contribution in [3.63, 3.8) is 0 Å². The molecule has 0 spiro atoms. The number of piperidine rings is 1. The largest absolute Gasteiger partial charge is 0.377 e. The fourth-order valence-corrected chi connectivity index (χ4v) is 1.43. The fraction of sp³-hybridized carbons (Fsp3) is 0.750. The van der Waals surface area contributed by atoms with E-state index in [1.54, 1.807) is 0 Å². The summed E-state index contributed by atoms with van der Waals surface area (Å²) in [5, 5.41) is 12.2. The van der Waals surface area contributed by atoms with Crippen LogP contribution in [-0.2, 0) is 0 Å². The maximum atomic E-state index is 9.74. The molecule has 0 atom stereocenters. The molecule has 1 aliphatic rings. The van der Waals surface area contributed by atoms with Crippen molar-refractivity contribution in [1.29, 1.82) is 0 Å². The van der Waals surface area contributed by atoms with E-state index in [9.17, 15) is 5.11 Å². The minimum Gasteiger partial charge on any atom is -0.377 e. The molecule has 0 amide bonds. The van der Waals surface area contributed by atoms with E-state index in [0.29, 0.717) is 0 Å². The van der Waals surface area contributed by atoms with Crippen LogP contribution >= 0.6 is 12.6 Å². The van der Waals surface area contributed by atoms with Gasteiger partial charge < -0.3 is 10.0 Å². The maximum Gasteiger partial charge on any atom is 0.128 e. The first-order valence-electron chi connectivity index (χ1n) is 3.73. The van der Waals surface area contributed by atoms with Crippen molar-refractivity contribution < 1.29 is 5.11 Å². The number of thiol groups is 1. The Labute approximate surface area is 73.0 Å². The first kappa shape index (κ1) is 8.92. The lowest BCUT2D eigenvalue weighted by atomic mass is 9.93. The SMILES string of the molecule is CN1CCC(O)(C#CS)CC1. The standard InChI is InChI=1S/C8H13NOS/c1-9-5-2-8(10,3-6-9)4-7-11/h10-11H,2-3,5-6H2,1H3. The maximum absolute atomic E-state index is 9.74. The van der Waals surface area contributed by atoms with Crippen LogP contribution in [0.15, 0.2) is 0 Å². The van der Waals surface area contributed by atoms with Crippen LogP contribution < -0.4 is 0 Å². The molecule has 3 heteroatoms. The Balaban J connectivity index is 2.52. The number of nitrogens with zero attached hydrogens (tertiary/aromatic N) is 1. The van der Waals surface area contributed by atoms with E-state index >= 15 is 0 Å². The van der Waals surface area contributed by atoms with Gasteiger partial charge in [-0.15, -0.1) is 0 Å². The topological polar surface area (TPSA) is 23.5 Å². The van der Waals surface area contributed by atoms with E-state index < -0.39 is 5.60 Å². The van der Waals surface area contributed by atoms with Crippen molar-refractivity contribution in [3.05, 3.63) is 0 Å². The molecular weight excluding hydrogens is 158 g/mol. The second-order valence-electron chi connectivity index (χ2n) is 3.07. The second-order valence-corrected chi connectivity index (χ2v) is 3.30. The van der Waals surface area contributed by atoms with Crippen LogP contribution in [0.5, 0.6) is 0 Å². The van der Waals surface area contributed by atoms with Gasteiger partial charge in [-0.05, 0) is 12.3 Å². The van der Waals surface area contributed by atoms with Gasteiger partial charge in [-0.25, -0.2) is 0 Å². The van der Waals surface area contributed by atoms with Crippen molar-refractivity contribution >= 4 is 12.6 Å². The lowest BCUT2D eigenvalue weighted by molar-refractivity contribution is 0.0351. The average Bonchev–Trinajstić information content (AvgIpc) is 1.97. The van der Waals surface area contributed by atoms with Crippen LogP contribution in [-0.4, -0.2) is 35.7 Å². The number of likely N-dealkylation sites (tertiary alicyclic amines) is 1. The summed E-state index contributed by atoms with van der Waals surface area (Å²) in [6.07, 6.45) is 1.47. The number of hydrogen-bond donors (Lipinski definition) is 2. The van der Waals surface area contributed by atoms with E-state index in [4.69, 9.17) is 0 Å². The monoisotopic (exact) mass is 171 g/mol. The number of rotatable bonds is 0. The molecule has 1 aliphatic heterocycles. The molecule has 0 saturated carbocycles. The van der Waals surface area contributed by atoms with E-state index in [1.807, 2.05) is 7.05 Å². The quantitative estimate of drug-likeness (QED) is 0.405. The molecule has 62 valence electrons. The van der Waals surface area contributed by atoms with Gasteiger partial charge in [-0.3, -0.25) is 0 Å². The van der Waals surface area contributed by atoms with Crippen molar-refractivity contribution in [2.45, 2.75) is 18.4 Å². The molecule has 11 heavy (non-hydrogen) atoms. The Morgan fingerprint density at radius 2 is 2.00 bits per heavy atom. The van der Waals surface area contributed by atoms with E-state index in [1.165, 1.54) is 0 Å². The molecular formula is C8H13NOS. The van der Waals surface area contributed by atoms with Crippen molar-refractivity contribution in [2.75, 3.05) is 20.1 Å². The first-order chi connectivity index (χ1) is 5.16. The van der Waals surface area contributed by atoms with Crippen LogP contribution in [0.2, 0.25) is 0 Å². The zero-order valence-electron chi connectivity index (χ0n) is 6.67. The molecule has 1 rings (SSSR count). The summed E-state index contributed by atoms with van der Waals surface area (Å²) in [4.78, 5) is 2.19. The minimum atomic E-state index is -0.770. The van der Waals surface area contributed by atoms with E-state index in [2.05, 4.69) is 28.7 Å². The zero-order valence-corrected chi connectivity index (χ0v) is 7.56. The molecule has 0 unspecified atom stereocenters. The summed E-state index contributed by atoms with van der Waals surface area (Å²) >= 11 is 3.77. The third-order valence-electron chi connectivity index (χ3n) is 2.10. The molecule has 1 heterocycles. The number of hydrogen-bond acceptors (Lipinski definition) is 3. The van der Waals surface area contributed by atoms with Crippen LogP contribution in [0, 0.1) is 11.2 Å². The molecule has 0 radical (unpaired) electrons. The third-order valence-corrected chi connectivity index (χ3v) is 2.21. The third kappa shape index (κ3) is 2.41. The molecule has 1 saturated heterocycles. The fourth-order valence-electron chi connectivity index (χ4n) is 1.22. The summed E-state index contributed by atoms with van der Waals surface area (Å²) in [6, 6.07) is 0. The minimum absolute atomic E-state index is 0.733. The van der Waals surface area contributed by atoms with E-state index in [-0.39, 0.29) is 0 Å². The molecule has 0 aromatic rings. The smallest absolute Gasteiger partial charge is 0.128 e. The lowest BCUT2D eigenvalue weighted by Crippen LogP contribution is -2.41. The van der Waals surface area contributed by atoms with E-state index in [0.717, 1.165) is 25.9 Å². The summed E-state index contributed by atoms with van der Waals surface area (Å²) < 4.78 is 0. The first-order valence-corrected chi connectivity index (χ1v) is 4.18. The van der Waals surface area contributed by atoms with Crippen LogP contribution in [0.1, 0.15) is 12.8 Å². The Morgan fingerprint density at radius 1 is 1.45 bits per heavy atom. The van der Waals surface area contributed by atoms with Gasteiger partial charge in [0.25, 0.3) is 0 Å². The van der Waals surface area contributed by atoms with Gasteiger partial charge in [0.15, 0.2) is 0 Å². The lowest BCUT2D eigenvalue weighted by Gasteiger charge is -2.32. The van der Waals surface area contributed by atoms with Crippen molar-refractivity contribution in [2.24, 2.45) is 0 Å². The Kier molecular flexibility index (Phi) is 2.83. The van der Waals surface area contributed by atoms with Gasteiger partial charge >= 0.3 is 0 Å². The summed E-state index contributed by atoms with van der Waals surface area (Å²) in [5.41, 5.74) is -0.770. The normalized spacial score (nSPS) is 23.9. The van der Waals surface area contributed by atoms with Gasteiger partial charge in [-0.2, -0.15) is 0 Å². The van der Waals surface area contributed by atoms with Crippen molar-refractivity contribution in [1.82, 2.24) is 4.90 Å². The highest BCUT2D eigenvalue weighted by Gasteiger charge is 2.28. The van der Waals surface area contributed by atoms with Crippen molar-refractivity contribution in [3.8, 4) is 11.2 Å². The van der Waals surface area contributed by atoms with Crippen LogP contribution in [0.25, 0.3) is 0 Å². The van der Waals surface area contributed by atoms with Crippen LogP contribution in [0.3, 0.4) is 0 Å². The van der Waals surface area contributed by atoms with Gasteiger partial charge in [0.05, 0.1) is 0 Å². The highest BCUT2D eigenvalue weighted by Crippen LogP contribution is 2.19. The summed E-state index contributed by atoms with van der Waals surface area (Å²) in [7, 11) is 2.05. The Morgan fingerprint density at radius 3 is 2.45 bits per heavy atom. The molecule has 1 N–H and O–H groups in total. The summed E-state index contributed by atoms with van der Waals surface area (Å²) in [6.45, 7) is 1.83. The predicted octanol–water partition coefficient (Wildman–Crippen LogP) is 0.334. The zero-order chi connectivity index (χ0) is 8.32. The van der Waals surface area contributed by atoms with Gasteiger partial charge in [-0.1, -0.05) is 18.5 Å². The molecule has 0 aliphatic carbocycles. The van der Waals surface area contributed by atoms with Crippen LogP contribution in [0.4, 0.5) is 0 Å². The predicted molar refractivity (Wildman–Crippen MR) is 48.4 cm³/mol. The molecule has 2 nitrogen and oxygen atoms in total.